The number of hydrogen-bond acceptors (Lipinski definition) is 2. The number of hydrogen-bond donors (Lipinski definition) is 2. The first kappa shape index (κ1) is 16.9. The average Bonchev–Trinajstić information content (AvgIpc) is 2.23. The Labute approximate surface area is 113 Å². The van der Waals surface area contributed by atoms with Gasteiger partial charge in [0.1, 0.15) is 5.82 Å². The van der Waals surface area contributed by atoms with E-state index in [0.717, 1.165) is 6.42 Å². The molecule has 5 heteroatoms. The van der Waals surface area contributed by atoms with Crippen LogP contribution in [0, 0.1) is 12.7 Å². The molecule has 1 unspecified atom stereocenters. The summed E-state index contributed by atoms with van der Waals surface area (Å²) in [7, 11) is 0. The fourth-order valence-electron chi connectivity index (χ4n) is 1.58. The van der Waals surface area contributed by atoms with Crippen molar-refractivity contribution < 1.29 is 9.18 Å². The van der Waals surface area contributed by atoms with Gasteiger partial charge in [-0.05, 0) is 38.0 Å². The van der Waals surface area contributed by atoms with Gasteiger partial charge in [-0.3, -0.25) is 4.79 Å². The van der Waals surface area contributed by atoms with E-state index in [4.69, 9.17) is 5.73 Å². The van der Waals surface area contributed by atoms with Crippen molar-refractivity contribution in [1.29, 1.82) is 0 Å². The van der Waals surface area contributed by atoms with Gasteiger partial charge in [-0.25, -0.2) is 4.39 Å². The molecular weight excluding hydrogens is 255 g/mol. The zero-order chi connectivity index (χ0) is 13.1. The summed E-state index contributed by atoms with van der Waals surface area (Å²) in [5.74, 6) is -0.625. The summed E-state index contributed by atoms with van der Waals surface area (Å²) < 4.78 is 13.3. The number of carbonyl (C=O) groups excluding carboxylic acids is 1. The molecule has 0 heterocycles. The quantitative estimate of drug-likeness (QED) is 0.887. The van der Waals surface area contributed by atoms with Crippen molar-refractivity contribution in [3.8, 4) is 0 Å². The van der Waals surface area contributed by atoms with E-state index in [-0.39, 0.29) is 24.1 Å². The molecule has 0 aliphatic rings. The third-order valence-electron chi connectivity index (χ3n) is 2.72. The lowest BCUT2D eigenvalue weighted by molar-refractivity contribution is -0.120. The summed E-state index contributed by atoms with van der Waals surface area (Å²) in [4.78, 5) is 11.9. The monoisotopic (exact) mass is 274 g/mol. The van der Waals surface area contributed by atoms with Crippen molar-refractivity contribution in [2.24, 2.45) is 5.73 Å². The fourth-order valence-corrected chi connectivity index (χ4v) is 1.58. The maximum Gasteiger partial charge on any atom is 0.244 e. The molecule has 0 bridgehead atoms. The average molecular weight is 275 g/mol. The first-order chi connectivity index (χ1) is 7.86. The molecule has 3 N–H and O–H groups in total. The smallest absolute Gasteiger partial charge is 0.244 e. The van der Waals surface area contributed by atoms with Gasteiger partial charge in [0, 0.05) is 5.69 Å². The Hall–Kier alpha value is -1.13. The predicted octanol–water partition coefficient (Wildman–Crippen LogP) is 3.01. The second-order valence-corrected chi connectivity index (χ2v) is 4.59. The van der Waals surface area contributed by atoms with Crippen LogP contribution in [0.3, 0.4) is 0 Å². The summed E-state index contributed by atoms with van der Waals surface area (Å²) in [6.45, 7) is 5.31. The van der Waals surface area contributed by atoms with Crippen LogP contribution in [0.4, 0.5) is 10.1 Å². The van der Waals surface area contributed by atoms with E-state index in [1.807, 2.05) is 6.92 Å². The minimum atomic E-state index is -0.921. The number of amides is 1. The van der Waals surface area contributed by atoms with Crippen molar-refractivity contribution in [2.75, 3.05) is 5.32 Å². The summed E-state index contributed by atoms with van der Waals surface area (Å²) in [5.41, 5.74) is 5.94. The Balaban J connectivity index is 0.00000289. The molecule has 1 rings (SSSR count). The van der Waals surface area contributed by atoms with Crippen molar-refractivity contribution in [2.45, 2.75) is 39.2 Å². The molecule has 1 aromatic rings. The summed E-state index contributed by atoms with van der Waals surface area (Å²) in [6.07, 6.45) is 1.41. The molecule has 1 amide bonds. The Bertz CT molecular complexity index is 421. The van der Waals surface area contributed by atoms with Crippen LogP contribution in [0.2, 0.25) is 0 Å². The molecule has 0 aliphatic carbocycles. The highest BCUT2D eigenvalue weighted by molar-refractivity contribution is 5.97. The third kappa shape index (κ3) is 4.27. The summed E-state index contributed by atoms with van der Waals surface area (Å²) in [6, 6.07) is 4.59. The summed E-state index contributed by atoms with van der Waals surface area (Å²) >= 11 is 0. The van der Waals surface area contributed by atoms with Gasteiger partial charge in [0.15, 0.2) is 0 Å². The second-order valence-electron chi connectivity index (χ2n) is 4.59. The van der Waals surface area contributed by atoms with Crippen molar-refractivity contribution in [3.05, 3.63) is 29.6 Å². The van der Waals surface area contributed by atoms with E-state index >= 15 is 0 Å². The Morgan fingerprint density at radius 2 is 2.11 bits per heavy atom. The second kappa shape index (κ2) is 6.71. The third-order valence-corrected chi connectivity index (χ3v) is 2.72. The van der Waals surface area contributed by atoms with Gasteiger partial charge >= 0.3 is 0 Å². The zero-order valence-corrected chi connectivity index (χ0v) is 11.7. The molecule has 102 valence electrons. The molecule has 18 heavy (non-hydrogen) atoms. The zero-order valence-electron chi connectivity index (χ0n) is 10.9. The SMILES string of the molecule is CCCC(C)(N)C(=O)Nc1ccc(C)c(F)c1.Cl. The maximum atomic E-state index is 13.3. The number of anilines is 1. The Morgan fingerprint density at radius 1 is 1.50 bits per heavy atom. The number of carbonyl (C=O) groups is 1. The van der Waals surface area contributed by atoms with Crippen LogP contribution in [-0.4, -0.2) is 11.4 Å². The standard InChI is InChI=1S/C13H19FN2O.ClH/c1-4-7-13(3,15)12(17)16-10-6-5-9(2)11(14)8-10;/h5-6,8H,4,7,15H2,1-3H3,(H,16,17);1H. The first-order valence-electron chi connectivity index (χ1n) is 5.73. The Kier molecular flexibility index (Phi) is 6.29. The number of aryl methyl sites for hydroxylation is 1. The molecule has 0 saturated heterocycles. The van der Waals surface area contributed by atoms with E-state index in [0.29, 0.717) is 17.7 Å². The lowest BCUT2D eigenvalue weighted by Crippen LogP contribution is -2.48. The van der Waals surface area contributed by atoms with Gasteiger partial charge in [-0.2, -0.15) is 0 Å². The molecule has 0 aliphatic heterocycles. The summed E-state index contributed by atoms with van der Waals surface area (Å²) in [5, 5.41) is 2.63. The van der Waals surface area contributed by atoms with Gasteiger partial charge in [0.25, 0.3) is 0 Å². The minimum Gasteiger partial charge on any atom is -0.324 e. The molecule has 3 nitrogen and oxygen atoms in total. The van der Waals surface area contributed by atoms with E-state index in [9.17, 15) is 9.18 Å². The molecule has 0 saturated carbocycles. The molecule has 0 aromatic heterocycles. The number of rotatable bonds is 4. The van der Waals surface area contributed by atoms with Crippen molar-refractivity contribution >= 4 is 24.0 Å². The number of nitrogens with one attached hydrogen (secondary N) is 1. The van der Waals surface area contributed by atoms with E-state index in [1.54, 1.807) is 26.0 Å². The first-order valence-corrected chi connectivity index (χ1v) is 5.73. The predicted molar refractivity (Wildman–Crippen MR) is 74.5 cm³/mol. The highest BCUT2D eigenvalue weighted by Crippen LogP contribution is 2.16. The molecule has 1 aromatic carbocycles. The number of benzene rings is 1. The van der Waals surface area contributed by atoms with Gasteiger partial charge < -0.3 is 11.1 Å². The van der Waals surface area contributed by atoms with Crippen LogP contribution in [0.25, 0.3) is 0 Å². The Morgan fingerprint density at radius 3 is 2.61 bits per heavy atom. The fraction of sp³-hybridized carbons (Fsp3) is 0.462. The molecular formula is C13H20ClFN2O. The van der Waals surface area contributed by atoms with Crippen LogP contribution in [0.1, 0.15) is 32.3 Å². The largest absolute Gasteiger partial charge is 0.324 e. The van der Waals surface area contributed by atoms with E-state index in [1.165, 1.54) is 6.07 Å². The molecule has 0 radical (unpaired) electrons. The van der Waals surface area contributed by atoms with Gasteiger partial charge in [0.05, 0.1) is 5.54 Å². The maximum absolute atomic E-state index is 13.3. The number of nitrogens with two attached hydrogens (primary N) is 1. The van der Waals surface area contributed by atoms with Crippen LogP contribution < -0.4 is 11.1 Å². The molecule has 1 atom stereocenters. The van der Waals surface area contributed by atoms with E-state index < -0.39 is 5.54 Å². The van der Waals surface area contributed by atoms with E-state index in [2.05, 4.69) is 5.32 Å². The van der Waals surface area contributed by atoms with Crippen LogP contribution in [-0.2, 0) is 4.79 Å². The van der Waals surface area contributed by atoms with Crippen LogP contribution in [0.5, 0.6) is 0 Å². The normalized spacial score (nSPS) is 13.4. The molecule has 0 spiro atoms. The number of halogens is 2. The lowest BCUT2D eigenvalue weighted by Gasteiger charge is -2.22. The van der Waals surface area contributed by atoms with Crippen LogP contribution in [0.15, 0.2) is 18.2 Å². The molecule has 0 fully saturated rings. The van der Waals surface area contributed by atoms with Crippen molar-refractivity contribution in [3.63, 3.8) is 0 Å². The highest BCUT2D eigenvalue weighted by atomic mass is 35.5. The van der Waals surface area contributed by atoms with Crippen LogP contribution >= 0.6 is 12.4 Å². The topological polar surface area (TPSA) is 55.1 Å². The minimum absolute atomic E-state index is 0. The lowest BCUT2D eigenvalue weighted by atomic mass is 9.96. The van der Waals surface area contributed by atoms with Gasteiger partial charge in [-0.15, -0.1) is 12.4 Å². The van der Waals surface area contributed by atoms with Crippen molar-refractivity contribution in [1.82, 2.24) is 0 Å². The van der Waals surface area contributed by atoms with Gasteiger partial charge in [0.2, 0.25) is 5.91 Å². The highest BCUT2D eigenvalue weighted by Gasteiger charge is 2.27. The van der Waals surface area contributed by atoms with Gasteiger partial charge in [-0.1, -0.05) is 19.4 Å².